The van der Waals surface area contributed by atoms with Crippen molar-refractivity contribution in [2.24, 2.45) is 5.92 Å². The molecule has 1 aromatic heterocycles. The summed E-state index contributed by atoms with van der Waals surface area (Å²) in [5.74, 6) is 1.26. The van der Waals surface area contributed by atoms with E-state index in [1.807, 2.05) is 43.3 Å². The average molecular weight is 456 g/mol. The zero-order chi connectivity index (χ0) is 22.6. The van der Waals surface area contributed by atoms with Gasteiger partial charge >= 0.3 is 0 Å². The number of halogens is 1. The van der Waals surface area contributed by atoms with Crippen LogP contribution in [0.15, 0.2) is 63.7 Å². The lowest BCUT2D eigenvalue weighted by Gasteiger charge is -2.34. The van der Waals surface area contributed by atoms with Gasteiger partial charge in [-0.2, -0.15) is 0 Å². The van der Waals surface area contributed by atoms with Gasteiger partial charge in [-0.25, -0.2) is 0 Å². The number of aromatic nitrogens is 1. The molecular weight excluding hydrogens is 426 g/mol. The minimum atomic E-state index is -0.686. The Morgan fingerprint density at radius 3 is 2.75 bits per heavy atom. The minimum Gasteiger partial charge on any atom is -0.373 e. The molecule has 2 heterocycles. The molecule has 1 N–H and O–H groups in total. The van der Waals surface area contributed by atoms with Crippen LogP contribution in [0.5, 0.6) is 0 Å². The van der Waals surface area contributed by atoms with Gasteiger partial charge < -0.3 is 14.6 Å². The molecule has 0 saturated carbocycles. The van der Waals surface area contributed by atoms with Gasteiger partial charge in [0.05, 0.1) is 6.54 Å². The molecule has 0 bridgehead atoms. The second-order valence-electron chi connectivity index (χ2n) is 8.78. The van der Waals surface area contributed by atoms with Gasteiger partial charge in [0.15, 0.2) is 5.76 Å². The molecule has 32 heavy (non-hydrogen) atoms. The van der Waals surface area contributed by atoms with Crippen molar-refractivity contribution in [1.82, 2.24) is 15.4 Å². The Morgan fingerprint density at radius 2 is 2.03 bits per heavy atom. The quantitative estimate of drug-likeness (QED) is 0.664. The number of nitrogens with zero attached hydrogens (tertiary/aromatic N) is 2. The number of ether oxygens (including phenoxy) is 1. The van der Waals surface area contributed by atoms with Crippen LogP contribution in [-0.2, 0) is 16.1 Å². The minimum absolute atomic E-state index is 0.0766. The molecule has 2 aromatic rings. The van der Waals surface area contributed by atoms with Crippen molar-refractivity contribution in [2.75, 3.05) is 26.7 Å². The van der Waals surface area contributed by atoms with E-state index in [-0.39, 0.29) is 5.91 Å². The third-order valence-electron chi connectivity index (χ3n) is 6.47. The highest BCUT2D eigenvalue weighted by molar-refractivity contribution is 6.30. The average Bonchev–Trinajstić information content (AvgIpc) is 3.27. The summed E-state index contributed by atoms with van der Waals surface area (Å²) in [7, 11) is 1.61. The highest BCUT2D eigenvalue weighted by Gasteiger charge is 2.36. The SMILES string of the molecule is COC1(C)CC(Cl)=CC=C1C(=O)NCC1CCN(Cc2cc(-c3ccccc3)no2)CC1. The van der Waals surface area contributed by atoms with E-state index in [1.165, 1.54) is 0 Å². The molecule has 1 aliphatic heterocycles. The zero-order valence-corrected chi connectivity index (χ0v) is 19.4. The van der Waals surface area contributed by atoms with Crippen molar-refractivity contribution in [3.63, 3.8) is 0 Å². The predicted molar refractivity (Wildman–Crippen MR) is 125 cm³/mol. The van der Waals surface area contributed by atoms with Crippen molar-refractivity contribution in [3.8, 4) is 11.3 Å². The first-order valence-electron chi connectivity index (χ1n) is 11.1. The summed E-state index contributed by atoms with van der Waals surface area (Å²) in [4.78, 5) is 15.2. The van der Waals surface area contributed by atoms with Crippen LogP contribution in [-0.4, -0.2) is 48.3 Å². The molecule has 1 atom stereocenters. The van der Waals surface area contributed by atoms with Crippen molar-refractivity contribution in [1.29, 1.82) is 0 Å². The molecule has 1 saturated heterocycles. The number of benzene rings is 1. The van der Waals surface area contributed by atoms with Gasteiger partial charge in [0, 0.05) is 42.3 Å². The van der Waals surface area contributed by atoms with Crippen LogP contribution in [0.3, 0.4) is 0 Å². The van der Waals surface area contributed by atoms with E-state index in [1.54, 1.807) is 19.3 Å². The number of methoxy groups -OCH3 is 1. The number of nitrogens with one attached hydrogen (secondary N) is 1. The Balaban J connectivity index is 1.24. The maximum Gasteiger partial charge on any atom is 0.250 e. The number of hydrogen-bond acceptors (Lipinski definition) is 5. The van der Waals surface area contributed by atoms with Gasteiger partial charge in [-0.15, -0.1) is 0 Å². The van der Waals surface area contributed by atoms with Gasteiger partial charge in [-0.05, 0) is 50.9 Å². The summed E-state index contributed by atoms with van der Waals surface area (Å²) in [5.41, 5.74) is 1.87. The summed E-state index contributed by atoms with van der Waals surface area (Å²) in [6, 6.07) is 12.1. The Bertz CT molecular complexity index is 993. The lowest BCUT2D eigenvalue weighted by molar-refractivity contribution is -0.120. The second kappa shape index (κ2) is 10.0. The Hall–Kier alpha value is -2.41. The standard InChI is InChI=1S/C25H30ClN3O3/c1-25(31-2)15-20(26)8-9-22(25)24(30)27-16-18-10-12-29(13-11-18)17-21-14-23(28-32-21)19-6-4-3-5-7-19/h3-9,14,18H,10-13,15-17H2,1-2H3,(H,27,30). The fourth-order valence-corrected chi connectivity index (χ4v) is 4.68. The van der Waals surface area contributed by atoms with Gasteiger partial charge in [0.25, 0.3) is 0 Å². The molecule has 170 valence electrons. The van der Waals surface area contributed by atoms with Crippen molar-refractivity contribution in [2.45, 2.75) is 38.3 Å². The lowest BCUT2D eigenvalue weighted by atomic mass is 9.87. The van der Waals surface area contributed by atoms with Crippen molar-refractivity contribution >= 4 is 17.5 Å². The molecular formula is C25H30ClN3O3. The molecule has 4 rings (SSSR count). The van der Waals surface area contributed by atoms with E-state index >= 15 is 0 Å². The van der Waals surface area contributed by atoms with Crippen LogP contribution in [0.25, 0.3) is 11.3 Å². The van der Waals surface area contributed by atoms with Crippen molar-refractivity contribution < 1.29 is 14.1 Å². The number of carbonyl (C=O) groups excluding carboxylic acids is 1. The van der Waals surface area contributed by atoms with E-state index in [9.17, 15) is 4.79 Å². The Labute approximate surface area is 194 Å². The molecule has 2 aliphatic rings. The highest BCUT2D eigenvalue weighted by Crippen LogP contribution is 2.34. The first-order valence-corrected chi connectivity index (χ1v) is 11.5. The fraction of sp³-hybridized carbons (Fsp3) is 0.440. The number of hydrogen-bond donors (Lipinski definition) is 1. The molecule has 1 aromatic carbocycles. The molecule has 7 heteroatoms. The predicted octanol–water partition coefficient (Wildman–Crippen LogP) is 4.53. The number of piperidine rings is 1. The normalized spacial score (nSPS) is 22.3. The van der Waals surface area contributed by atoms with E-state index in [2.05, 4.69) is 15.4 Å². The summed E-state index contributed by atoms with van der Waals surface area (Å²) < 4.78 is 11.2. The second-order valence-corrected chi connectivity index (χ2v) is 9.27. The van der Waals surface area contributed by atoms with Crippen LogP contribution in [0.2, 0.25) is 0 Å². The summed E-state index contributed by atoms with van der Waals surface area (Å²) in [5, 5.41) is 8.01. The summed E-state index contributed by atoms with van der Waals surface area (Å²) in [6.07, 6.45) is 6.13. The number of allylic oxidation sites excluding steroid dienone is 2. The molecule has 1 unspecified atom stereocenters. The van der Waals surface area contributed by atoms with Crippen LogP contribution >= 0.6 is 11.6 Å². The summed E-state index contributed by atoms with van der Waals surface area (Å²) in [6.45, 7) is 5.27. The van der Waals surface area contributed by atoms with Gasteiger partial charge in [-0.3, -0.25) is 9.69 Å². The lowest BCUT2D eigenvalue weighted by Crippen LogP contribution is -2.43. The smallest absolute Gasteiger partial charge is 0.250 e. The maximum absolute atomic E-state index is 12.8. The van der Waals surface area contributed by atoms with E-state index in [4.69, 9.17) is 20.9 Å². The molecule has 1 aliphatic carbocycles. The van der Waals surface area contributed by atoms with Crippen LogP contribution < -0.4 is 5.32 Å². The Kier molecular flexibility index (Phi) is 7.13. The topological polar surface area (TPSA) is 67.6 Å². The van der Waals surface area contributed by atoms with Crippen LogP contribution in [0, 0.1) is 5.92 Å². The molecule has 0 radical (unpaired) electrons. The Morgan fingerprint density at radius 1 is 1.28 bits per heavy atom. The first kappa shape index (κ1) is 22.8. The molecule has 1 amide bonds. The molecule has 6 nitrogen and oxygen atoms in total. The van der Waals surface area contributed by atoms with Crippen LogP contribution in [0.1, 0.15) is 31.9 Å². The van der Waals surface area contributed by atoms with Crippen LogP contribution in [0.4, 0.5) is 0 Å². The molecule has 0 spiro atoms. The van der Waals surface area contributed by atoms with Gasteiger partial charge in [0.1, 0.15) is 11.3 Å². The maximum atomic E-state index is 12.8. The number of carbonyl (C=O) groups is 1. The van der Waals surface area contributed by atoms with Gasteiger partial charge in [-0.1, -0.05) is 47.1 Å². The van der Waals surface area contributed by atoms with E-state index in [0.29, 0.717) is 29.5 Å². The third kappa shape index (κ3) is 5.31. The van der Waals surface area contributed by atoms with E-state index in [0.717, 1.165) is 49.5 Å². The van der Waals surface area contributed by atoms with E-state index < -0.39 is 5.60 Å². The number of amides is 1. The molecule has 1 fully saturated rings. The zero-order valence-electron chi connectivity index (χ0n) is 18.6. The number of likely N-dealkylation sites (tertiary alicyclic amines) is 1. The largest absolute Gasteiger partial charge is 0.373 e. The number of rotatable bonds is 7. The summed E-state index contributed by atoms with van der Waals surface area (Å²) >= 11 is 6.14. The third-order valence-corrected chi connectivity index (χ3v) is 6.73. The monoisotopic (exact) mass is 455 g/mol. The highest BCUT2D eigenvalue weighted by atomic mass is 35.5. The van der Waals surface area contributed by atoms with Gasteiger partial charge in [0.2, 0.25) is 5.91 Å². The first-order chi connectivity index (χ1) is 15.5. The van der Waals surface area contributed by atoms with Crippen molar-refractivity contribution in [3.05, 3.63) is 64.9 Å². The fourth-order valence-electron chi connectivity index (χ4n) is 4.36.